The number of ether oxygens (including phenoxy) is 1. The molecular weight excluding hydrogens is 312 g/mol. The molecule has 0 fully saturated rings. The second kappa shape index (κ2) is 6.33. The topological polar surface area (TPSA) is 102 Å². The first-order chi connectivity index (χ1) is 11.6. The third-order valence-corrected chi connectivity index (χ3v) is 3.54. The zero-order valence-electron chi connectivity index (χ0n) is 12.4. The molecule has 7 heteroatoms. The summed E-state index contributed by atoms with van der Waals surface area (Å²) in [7, 11) is 0. The van der Waals surface area contributed by atoms with Gasteiger partial charge in [-0.15, -0.1) is 0 Å². The number of nitrogens with one attached hydrogen (secondary N) is 1. The van der Waals surface area contributed by atoms with Gasteiger partial charge in [0, 0.05) is 28.7 Å². The molecular formula is C17H12N2O5. The van der Waals surface area contributed by atoms with E-state index in [1.165, 1.54) is 24.3 Å². The van der Waals surface area contributed by atoms with Gasteiger partial charge in [-0.1, -0.05) is 30.3 Å². The number of nitro groups is 1. The summed E-state index contributed by atoms with van der Waals surface area (Å²) in [6.45, 7) is -0.493. The number of rotatable bonds is 5. The molecule has 0 aliphatic heterocycles. The van der Waals surface area contributed by atoms with Crippen molar-refractivity contribution < 1.29 is 19.2 Å². The number of carbonyl (C=O) groups excluding carboxylic acids is 2. The molecule has 7 nitrogen and oxygen atoms in total. The van der Waals surface area contributed by atoms with Crippen LogP contribution in [0.5, 0.6) is 0 Å². The van der Waals surface area contributed by atoms with Crippen LogP contribution in [0.2, 0.25) is 0 Å². The van der Waals surface area contributed by atoms with Gasteiger partial charge in [-0.3, -0.25) is 14.9 Å². The molecule has 3 rings (SSSR count). The van der Waals surface area contributed by atoms with Gasteiger partial charge >= 0.3 is 5.97 Å². The Bertz CT molecular complexity index is 945. The zero-order valence-corrected chi connectivity index (χ0v) is 12.4. The van der Waals surface area contributed by atoms with Crippen LogP contribution in [0.1, 0.15) is 20.7 Å². The number of esters is 1. The summed E-state index contributed by atoms with van der Waals surface area (Å²) in [6.07, 6.45) is 1.55. The number of fused-ring (bicyclic) bond motifs is 1. The van der Waals surface area contributed by atoms with E-state index in [4.69, 9.17) is 4.74 Å². The van der Waals surface area contributed by atoms with Gasteiger partial charge < -0.3 is 9.72 Å². The molecule has 0 atom stereocenters. The number of hydrogen-bond acceptors (Lipinski definition) is 5. The highest BCUT2D eigenvalue weighted by Gasteiger charge is 2.22. The van der Waals surface area contributed by atoms with Crippen molar-refractivity contribution in [2.45, 2.75) is 0 Å². The number of para-hydroxylation sites is 2. The van der Waals surface area contributed by atoms with Gasteiger partial charge in [0.05, 0.1) is 4.92 Å². The molecule has 0 radical (unpaired) electrons. The maximum atomic E-state index is 12.2. The van der Waals surface area contributed by atoms with Crippen LogP contribution < -0.4 is 0 Å². The zero-order chi connectivity index (χ0) is 17.1. The van der Waals surface area contributed by atoms with Gasteiger partial charge in [0.15, 0.2) is 6.61 Å². The van der Waals surface area contributed by atoms with Crippen LogP contribution in [-0.2, 0) is 4.74 Å². The quantitative estimate of drug-likeness (QED) is 0.336. The Morgan fingerprint density at radius 1 is 1.04 bits per heavy atom. The van der Waals surface area contributed by atoms with Crippen molar-refractivity contribution in [3.8, 4) is 0 Å². The van der Waals surface area contributed by atoms with Gasteiger partial charge in [-0.05, 0) is 12.1 Å². The molecule has 1 N–H and O–H groups in total. The van der Waals surface area contributed by atoms with Crippen molar-refractivity contribution in [1.29, 1.82) is 0 Å². The van der Waals surface area contributed by atoms with Crippen LogP contribution in [0.4, 0.5) is 5.69 Å². The average molecular weight is 324 g/mol. The summed E-state index contributed by atoms with van der Waals surface area (Å²) in [5, 5.41) is 11.7. The number of nitrogens with zero attached hydrogens (tertiary/aromatic N) is 1. The molecule has 0 saturated heterocycles. The normalized spacial score (nSPS) is 10.5. The van der Waals surface area contributed by atoms with Crippen LogP contribution >= 0.6 is 0 Å². The fraction of sp³-hybridized carbons (Fsp3) is 0.0588. The molecule has 0 spiro atoms. The third-order valence-electron chi connectivity index (χ3n) is 3.54. The second-order valence-electron chi connectivity index (χ2n) is 5.02. The summed E-state index contributed by atoms with van der Waals surface area (Å²) >= 11 is 0. The number of carbonyl (C=O) groups is 2. The standard InChI is InChI=1S/C17H12N2O5/c20-16(13-9-18-14-7-3-1-5-11(13)14)10-24-17(21)12-6-2-4-8-15(12)19(22)23/h1-9,18H,10H2. The first kappa shape index (κ1) is 15.4. The maximum Gasteiger partial charge on any atom is 0.345 e. The third kappa shape index (κ3) is 2.87. The van der Waals surface area contributed by atoms with E-state index >= 15 is 0 Å². The first-order valence-corrected chi connectivity index (χ1v) is 7.08. The predicted molar refractivity (Wildman–Crippen MR) is 86.0 cm³/mol. The van der Waals surface area contributed by atoms with E-state index in [9.17, 15) is 19.7 Å². The smallest absolute Gasteiger partial charge is 0.345 e. The number of ketones is 1. The van der Waals surface area contributed by atoms with E-state index < -0.39 is 17.5 Å². The maximum absolute atomic E-state index is 12.2. The van der Waals surface area contributed by atoms with Crippen molar-refractivity contribution in [2.75, 3.05) is 6.61 Å². The van der Waals surface area contributed by atoms with Gasteiger partial charge in [-0.2, -0.15) is 0 Å². The number of benzene rings is 2. The van der Waals surface area contributed by atoms with Crippen LogP contribution in [0.15, 0.2) is 54.7 Å². The van der Waals surface area contributed by atoms with Gasteiger partial charge in [-0.25, -0.2) is 4.79 Å². The lowest BCUT2D eigenvalue weighted by Crippen LogP contribution is -2.15. The average Bonchev–Trinajstić information content (AvgIpc) is 3.03. The Hall–Kier alpha value is -3.48. The summed E-state index contributed by atoms with van der Waals surface area (Å²) < 4.78 is 4.95. The minimum absolute atomic E-state index is 0.186. The van der Waals surface area contributed by atoms with E-state index in [2.05, 4.69) is 4.98 Å². The van der Waals surface area contributed by atoms with Crippen LogP contribution in [0.3, 0.4) is 0 Å². The Balaban J connectivity index is 1.75. The van der Waals surface area contributed by atoms with Gasteiger partial charge in [0.25, 0.3) is 5.69 Å². The Morgan fingerprint density at radius 2 is 1.75 bits per heavy atom. The number of nitro benzene ring substituents is 1. The molecule has 1 aromatic heterocycles. The molecule has 0 aliphatic rings. The summed E-state index contributed by atoms with van der Waals surface area (Å²) in [5.74, 6) is -1.30. The minimum atomic E-state index is -0.907. The lowest BCUT2D eigenvalue weighted by atomic mass is 10.1. The number of Topliss-reactive ketones (excluding diaryl/α,β-unsaturated/α-hetero) is 1. The molecule has 24 heavy (non-hydrogen) atoms. The lowest BCUT2D eigenvalue weighted by molar-refractivity contribution is -0.385. The number of hydrogen-bond donors (Lipinski definition) is 1. The van der Waals surface area contributed by atoms with E-state index in [0.29, 0.717) is 5.56 Å². The van der Waals surface area contributed by atoms with Crippen molar-refractivity contribution in [3.63, 3.8) is 0 Å². The summed E-state index contributed by atoms with van der Waals surface area (Å²) in [5.41, 5.74) is 0.656. The largest absolute Gasteiger partial charge is 0.454 e. The van der Waals surface area contributed by atoms with E-state index in [1.54, 1.807) is 18.3 Å². The fourth-order valence-electron chi connectivity index (χ4n) is 2.39. The second-order valence-corrected chi connectivity index (χ2v) is 5.02. The molecule has 0 amide bonds. The van der Waals surface area contributed by atoms with Crippen molar-refractivity contribution in [2.24, 2.45) is 0 Å². The fourth-order valence-corrected chi connectivity index (χ4v) is 2.39. The highest BCUT2D eigenvalue weighted by molar-refractivity contribution is 6.09. The number of aromatic nitrogens is 1. The Kier molecular flexibility index (Phi) is 4.07. The van der Waals surface area contributed by atoms with Crippen molar-refractivity contribution in [3.05, 3.63) is 76.0 Å². The lowest BCUT2D eigenvalue weighted by Gasteiger charge is -2.04. The molecule has 0 aliphatic carbocycles. The molecule has 0 bridgehead atoms. The highest BCUT2D eigenvalue weighted by Crippen LogP contribution is 2.20. The molecule has 1 heterocycles. The Labute approximate surface area is 136 Å². The molecule has 0 saturated carbocycles. The number of aromatic amines is 1. The van der Waals surface area contributed by atoms with Gasteiger partial charge in [0.2, 0.25) is 5.78 Å². The number of H-pyrrole nitrogens is 1. The monoisotopic (exact) mass is 324 g/mol. The van der Waals surface area contributed by atoms with Gasteiger partial charge in [0.1, 0.15) is 5.56 Å². The molecule has 2 aromatic carbocycles. The minimum Gasteiger partial charge on any atom is -0.454 e. The van der Waals surface area contributed by atoms with Crippen LogP contribution in [0, 0.1) is 10.1 Å². The van der Waals surface area contributed by atoms with Crippen molar-refractivity contribution in [1.82, 2.24) is 4.98 Å². The SMILES string of the molecule is O=C(OCC(=O)c1c[nH]c2ccccc12)c1ccccc1[N+](=O)[O-]. The summed E-state index contributed by atoms with van der Waals surface area (Å²) in [6, 6.07) is 12.7. The van der Waals surface area contributed by atoms with E-state index in [1.807, 2.05) is 12.1 Å². The van der Waals surface area contributed by atoms with E-state index in [0.717, 1.165) is 10.9 Å². The molecule has 120 valence electrons. The Morgan fingerprint density at radius 3 is 2.54 bits per heavy atom. The molecule has 3 aromatic rings. The summed E-state index contributed by atoms with van der Waals surface area (Å²) in [4.78, 5) is 37.5. The van der Waals surface area contributed by atoms with Crippen LogP contribution in [-0.4, -0.2) is 28.3 Å². The van der Waals surface area contributed by atoms with Crippen LogP contribution in [0.25, 0.3) is 10.9 Å². The highest BCUT2D eigenvalue weighted by atomic mass is 16.6. The molecule has 0 unspecified atom stereocenters. The first-order valence-electron chi connectivity index (χ1n) is 7.08. The predicted octanol–water partition coefficient (Wildman–Crippen LogP) is 3.12. The van der Waals surface area contributed by atoms with E-state index in [-0.39, 0.29) is 17.0 Å². The van der Waals surface area contributed by atoms with Crippen molar-refractivity contribution >= 4 is 28.3 Å².